The van der Waals surface area contributed by atoms with Gasteiger partial charge >= 0.3 is 0 Å². The molecule has 1 aromatic heterocycles. The lowest BCUT2D eigenvalue weighted by atomic mass is 10.1. The van der Waals surface area contributed by atoms with Crippen molar-refractivity contribution in [3.8, 4) is 17.0 Å². The Morgan fingerprint density at radius 3 is 2.16 bits per heavy atom. The van der Waals surface area contributed by atoms with Crippen LogP contribution in [0, 0.1) is 6.92 Å². The molecular weight excluding hydrogens is 677 g/mol. The molecule has 3 N–H and O–H groups in total. The Kier molecular flexibility index (Phi) is 11.4. The average molecular weight is 711 g/mol. The number of rotatable bonds is 12. The quantitative estimate of drug-likeness (QED) is 0.0864. The van der Waals surface area contributed by atoms with Gasteiger partial charge in [0, 0.05) is 27.1 Å². The zero-order chi connectivity index (χ0) is 35.6. The fourth-order valence-electron chi connectivity index (χ4n) is 5.11. The third-order valence-corrected chi connectivity index (χ3v) is 9.76. The van der Waals surface area contributed by atoms with Gasteiger partial charge in [0.2, 0.25) is 5.91 Å². The number of methoxy groups -OCH3 is 1. The van der Waals surface area contributed by atoms with E-state index in [1.54, 1.807) is 49.6 Å². The molecule has 0 aliphatic carbocycles. The van der Waals surface area contributed by atoms with Gasteiger partial charge in [-0.2, -0.15) is 0 Å². The second-order valence-electron chi connectivity index (χ2n) is 11.4. The number of nitrogens with one attached hydrogen (secondary N) is 3. The van der Waals surface area contributed by atoms with E-state index in [9.17, 15) is 14.4 Å². The summed E-state index contributed by atoms with van der Waals surface area (Å²) in [6, 6.07) is 40.8. The molecule has 6 aromatic rings. The molecule has 0 spiro atoms. The zero-order valence-corrected chi connectivity index (χ0v) is 29.5. The van der Waals surface area contributed by atoms with Gasteiger partial charge in [-0.3, -0.25) is 14.4 Å². The van der Waals surface area contributed by atoms with E-state index < -0.39 is 17.1 Å². The zero-order valence-electron chi connectivity index (χ0n) is 27.8. The number of benzene rings is 5. The first-order chi connectivity index (χ1) is 24.9. The molecule has 0 saturated carbocycles. The summed E-state index contributed by atoms with van der Waals surface area (Å²) in [4.78, 5) is 45.8. The van der Waals surface area contributed by atoms with Gasteiger partial charge in [-0.1, -0.05) is 90.5 Å². The summed E-state index contributed by atoms with van der Waals surface area (Å²) in [6.45, 7) is 1.98. The highest BCUT2D eigenvalue weighted by Gasteiger charge is 2.24. The predicted octanol–water partition coefficient (Wildman–Crippen LogP) is 9.01. The number of ether oxygens (including phenoxy) is 1. The summed E-state index contributed by atoms with van der Waals surface area (Å²) in [5.74, 6) is -0.384. The first-order valence-corrected chi connectivity index (χ1v) is 17.8. The first-order valence-electron chi connectivity index (χ1n) is 16.0. The van der Waals surface area contributed by atoms with Crippen molar-refractivity contribution in [1.82, 2.24) is 10.3 Å². The monoisotopic (exact) mass is 710 g/mol. The summed E-state index contributed by atoms with van der Waals surface area (Å²) in [6.07, 6.45) is 1.64. The van der Waals surface area contributed by atoms with Gasteiger partial charge in [-0.05, 0) is 72.7 Å². The molecule has 8 nitrogen and oxygen atoms in total. The fraction of sp³-hybridized carbons (Fsp3) is 0.0732. The molecule has 5 aromatic carbocycles. The largest absolute Gasteiger partial charge is 0.496 e. The molecular formula is C41H34N4O4S2. The van der Waals surface area contributed by atoms with Crippen LogP contribution in [0.15, 0.2) is 149 Å². The Morgan fingerprint density at radius 2 is 1.45 bits per heavy atom. The smallest absolute Gasteiger partial charge is 0.272 e. The molecule has 0 saturated heterocycles. The highest BCUT2D eigenvalue weighted by Crippen LogP contribution is 2.38. The minimum absolute atomic E-state index is 0.100. The number of thiazole rings is 1. The molecule has 1 unspecified atom stereocenters. The van der Waals surface area contributed by atoms with Gasteiger partial charge in [0.25, 0.3) is 11.8 Å². The van der Waals surface area contributed by atoms with Crippen LogP contribution in [0.4, 0.5) is 10.8 Å². The maximum atomic E-state index is 13.7. The summed E-state index contributed by atoms with van der Waals surface area (Å²) < 4.78 is 5.48. The van der Waals surface area contributed by atoms with Crippen molar-refractivity contribution in [1.29, 1.82) is 0 Å². The van der Waals surface area contributed by atoms with Crippen molar-refractivity contribution in [2.24, 2.45) is 0 Å². The number of thioether (sulfide) groups is 1. The van der Waals surface area contributed by atoms with Crippen molar-refractivity contribution in [3.63, 3.8) is 0 Å². The summed E-state index contributed by atoms with van der Waals surface area (Å²) >= 11 is 2.73. The second kappa shape index (κ2) is 16.6. The molecule has 0 bridgehead atoms. The van der Waals surface area contributed by atoms with Crippen LogP contribution in [0.5, 0.6) is 5.75 Å². The van der Waals surface area contributed by atoms with Crippen LogP contribution in [0.2, 0.25) is 0 Å². The highest BCUT2D eigenvalue weighted by molar-refractivity contribution is 8.00. The van der Waals surface area contributed by atoms with E-state index in [0.29, 0.717) is 27.8 Å². The molecule has 0 fully saturated rings. The van der Waals surface area contributed by atoms with Crippen molar-refractivity contribution in [2.45, 2.75) is 17.1 Å². The topological polar surface area (TPSA) is 109 Å². The molecule has 51 heavy (non-hydrogen) atoms. The van der Waals surface area contributed by atoms with E-state index >= 15 is 0 Å². The van der Waals surface area contributed by atoms with E-state index in [1.807, 2.05) is 109 Å². The van der Waals surface area contributed by atoms with Gasteiger partial charge in [0.15, 0.2) is 5.13 Å². The van der Waals surface area contributed by atoms with Crippen LogP contribution in [-0.4, -0.2) is 29.8 Å². The number of hydrogen-bond donors (Lipinski definition) is 3. The number of amides is 3. The number of aryl methyl sites for hydroxylation is 1. The predicted molar refractivity (Wildman–Crippen MR) is 206 cm³/mol. The van der Waals surface area contributed by atoms with Gasteiger partial charge in [-0.15, -0.1) is 23.1 Å². The maximum absolute atomic E-state index is 13.7. The molecule has 0 radical (unpaired) electrons. The minimum atomic E-state index is -0.581. The Labute approximate surface area is 304 Å². The van der Waals surface area contributed by atoms with Gasteiger partial charge in [0.1, 0.15) is 16.7 Å². The average Bonchev–Trinajstić information content (AvgIpc) is 3.63. The van der Waals surface area contributed by atoms with Crippen LogP contribution in [0.1, 0.15) is 32.3 Å². The number of nitrogens with zero attached hydrogens (tertiary/aromatic N) is 1. The van der Waals surface area contributed by atoms with Crippen molar-refractivity contribution in [2.75, 3.05) is 17.7 Å². The molecule has 3 amide bonds. The number of aromatic nitrogens is 1. The standard InChI is InChI=1S/C41H34N4O4S2/c1-27-17-19-28(20-18-27)25-34(43-38(46)30-13-7-4-8-14-30)39(47)42-31-21-23-32(24-22-31)51-37(29-11-5-3-6-12-29)40(48)45-41-44-35(26-50-41)33-15-9-10-16-36(33)49-2/h3-26,37H,1-2H3,(H,42,47)(H,43,46)(H,44,45,48)/b34-25-. The Morgan fingerprint density at radius 1 is 0.784 bits per heavy atom. The van der Waals surface area contributed by atoms with Crippen LogP contribution in [0.3, 0.4) is 0 Å². The third kappa shape index (κ3) is 9.18. The lowest BCUT2D eigenvalue weighted by Crippen LogP contribution is -2.30. The lowest BCUT2D eigenvalue weighted by Gasteiger charge is -2.17. The van der Waals surface area contributed by atoms with Gasteiger partial charge in [-0.25, -0.2) is 4.98 Å². The number of carbonyl (C=O) groups is 3. The summed E-state index contributed by atoms with van der Waals surface area (Å²) in [7, 11) is 1.61. The number of para-hydroxylation sites is 1. The molecule has 6 rings (SSSR count). The number of hydrogen-bond acceptors (Lipinski definition) is 7. The third-order valence-electron chi connectivity index (χ3n) is 7.74. The molecule has 10 heteroatoms. The molecule has 1 atom stereocenters. The van der Waals surface area contributed by atoms with Gasteiger partial charge < -0.3 is 20.7 Å². The van der Waals surface area contributed by atoms with Gasteiger partial charge in [0.05, 0.1) is 12.8 Å². The first kappa shape index (κ1) is 34.9. The van der Waals surface area contributed by atoms with E-state index in [4.69, 9.17) is 4.74 Å². The van der Waals surface area contributed by atoms with E-state index in [1.165, 1.54) is 23.1 Å². The van der Waals surface area contributed by atoms with Crippen molar-refractivity contribution in [3.05, 3.63) is 167 Å². The van der Waals surface area contributed by atoms with Crippen LogP contribution in [-0.2, 0) is 9.59 Å². The minimum Gasteiger partial charge on any atom is -0.496 e. The normalized spacial score (nSPS) is 11.7. The lowest BCUT2D eigenvalue weighted by molar-refractivity contribution is -0.116. The van der Waals surface area contributed by atoms with E-state index in [2.05, 4.69) is 20.9 Å². The van der Waals surface area contributed by atoms with Crippen LogP contribution < -0.4 is 20.7 Å². The van der Waals surface area contributed by atoms with E-state index in [-0.39, 0.29) is 11.6 Å². The molecule has 1 heterocycles. The Balaban J connectivity index is 1.17. The maximum Gasteiger partial charge on any atom is 0.272 e. The molecule has 0 aliphatic heterocycles. The SMILES string of the molecule is COc1ccccc1-c1csc(NC(=O)C(Sc2ccc(NC(=O)/C(=C/c3ccc(C)cc3)NC(=O)c3ccccc3)cc2)c2ccccc2)n1. The number of carbonyl (C=O) groups excluding carboxylic acids is 3. The summed E-state index contributed by atoms with van der Waals surface area (Å²) in [5, 5.41) is 10.5. The molecule has 0 aliphatic rings. The highest BCUT2D eigenvalue weighted by atomic mass is 32.2. The van der Waals surface area contributed by atoms with Crippen molar-refractivity contribution < 1.29 is 19.1 Å². The van der Waals surface area contributed by atoms with E-state index in [0.717, 1.165) is 27.1 Å². The van der Waals surface area contributed by atoms with Crippen LogP contribution >= 0.6 is 23.1 Å². The molecule has 254 valence electrons. The second-order valence-corrected chi connectivity index (χ2v) is 13.4. The fourth-order valence-corrected chi connectivity index (χ4v) is 6.84. The Hall–Kier alpha value is -5.97. The van der Waals surface area contributed by atoms with Crippen LogP contribution in [0.25, 0.3) is 17.3 Å². The summed E-state index contributed by atoms with van der Waals surface area (Å²) in [5.41, 5.74) is 5.30. The Bertz CT molecular complexity index is 2150. The van der Waals surface area contributed by atoms with Crippen molar-refractivity contribution >= 4 is 57.7 Å². The number of anilines is 2.